The zero-order valence-corrected chi connectivity index (χ0v) is 13.8. The molecule has 0 spiro atoms. The molecule has 0 unspecified atom stereocenters. The van der Waals surface area contributed by atoms with Crippen molar-refractivity contribution in [1.82, 2.24) is 5.32 Å². The lowest BCUT2D eigenvalue weighted by Crippen LogP contribution is -2.37. The molecular formula is C18H22BrN. The van der Waals surface area contributed by atoms with Gasteiger partial charge in [-0.2, -0.15) is 0 Å². The average Bonchev–Trinajstić information content (AvgIpc) is 2.45. The lowest BCUT2D eigenvalue weighted by atomic mass is 9.94. The van der Waals surface area contributed by atoms with Crippen LogP contribution in [0.1, 0.15) is 31.4 Å². The lowest BCUT2D eigenvalue weighted by Gasteiger charge is -2.27. The molecule has 2 aromatic carbocycles. The van der Waals surface area contributed by atoms with Gasteiger partial charge in [0.15, 0.2) is 0 Å². The van der Waals surface area contributed by atoms with E-state index in [1.165, 1.54) is 11.1 Å². The molecule has 2 rings (SSSR count). The van der Waals surface area contributed by atoms with Crippen molar-refractivity contribution in [3.63, 3.8) is 0 Å². The number of benzene rings is 2. The molecule has 20 heavy (non-hydrogen) atoms. The van der Waals surface area contributed by atoms with E-state index in [1.54, 1.807) is 0 Å². The first kappa shape index (κ1) is 15.3. The smallest absolute Gasteiger partial charge is 0.0377 e. The normalized spacial score (nSPS) is 11.6. The largest absolute Gasteiger partial charge is 0.308 e. The van der Waals surface area contributed by atoms with Gasteiger partial charge in [0.1, 0.15) is 0 Å². The molecule has 0 heterocycles. The highest BCUT2D eigenvalue weighted by Crippen LogP contribution is 2.22. The van der Waals surface area contributed by atoms with Crippen LogP contribution in [0.4, 0.5) is 0 Å². The Labute approximate surface area is 130 Å². The summed E-state index contributed by atoms with van der Waals surface area (Å²) in [6.45, 7) is 5.50. The summed E-state index contributed by atoms with van der Waals surface area (Å²) in [5.41, 5.74) is 2.74. The van der Waals surface area contributed by atoms with Gasteiger partial charge in [-0.25, -0.2) is 0 Å². The van der Waals surface area contributed by atoms with Crippen LogP contribution in [-0.2, 0) is 12.0 Å². The molecule has 2 heteroatoms. The minimum absolute atomic E-state index is 0.0113. The van der Waals surface area contributed by atoms with E-state index in [-0.39, 0.29) is 5.54 Å². The van der Waals surface area contributed by atoms with Crippen LogP contribution in [0, 0.1) is 0 Å². The molecule has 0 fully saturated rings. The molecule has 0 aliphatic heterocycles. The first-order chi connectivity index (χ1) is 9.58. The van der Waals surface area contributed by atoms with Crippen LogP contribution in [0.25, 0.3) is 0 Å². The SMILES string of the molecule is CC(C)(NCCCc1ccccc1)c1ccc(Br)cc1. The number of hydrogen-bond acceptors (Lipinski definition) is 1. The van der Waals surface area contributed by atoms with E-state index in [9.17, 15) is 0 Å². The van der Waals surface area contributed by atoms with Crippen molar-refractivity contribution in [2.75, 3.05) is 6.54 Å². The Morgan fingerprint density at radius 1 is 0.950 bits per heavy atom. The monoisotopic (exact) mass is 331 g/mol. The Kier molecular flexibility index (Phi) is 5.38. The van der Waals surface area contributed by atoms with Crippen LogP contribution >= 0.6 is 15.9 Å². The second-order valence-electron chi connectivity index (χ2n) is 5.65. The molecule has 0 atom stereocenters. The molecule has 106 valence electrons. The van der Waals surface area contributed by atoms with Gasteiger partial charge in [-0.15, -0.1) is 0 Å². The topological polar surface area (TPSA) is 12.0 Å². The highest BCUT2D eigenvalue weighted by molar-refractivity contribution is 9.10. The summed E-state index contributed by atoms with van der Waals surface area (Å²) in [5, 5.41) is 3.65. The van der Waals surface area contributed by atoms with E-state index in [0.29, 0.717) is 0 Å². The molecule has 0 aliphatic rings. The van der Waals surface area contributed by atoms with E-state index in [1.807, 2.05) is 0 Å². The van der Waals surface area contributed by atoms with Crippen LogP contribution in [0.15, 0.2) is 59.1 Å². The van der Waals surface area contributed by atoms with Gasteiger partial charge in [0.2, 0.25) is 0 Å². The molecule has 2 aromatic rings. The summed E-state index contributed by atoms with van der Waals surface area (Å²) in [5.74, 6) is 0. The van der Waals surface area contributed by atoms with Crippen molar-refractivity contribution in [2.24, 2.45) is 0 Å². The highest BCUT2D eigenvalue weighted by Gasteiger charge is 2.18. The van der Waals surface area contributed by atoms with Crippen molar-refractivity contribution in [2.45, 2.75) is 32.2 Å². The fourth-order valence-corrected chi connectivity index (χ4v) is 2.57. The minimum atomic E-state index is 0.0113. The first-order valence-electron chi connectivity index (χ1n) is 7.13. The highest BCUT2D eigenvalue weighted by atomic mass is 79.9. The zero-order valence-electron chi connectivity index (χ0n) is 12.2. The zero-order chi connectivity index (χ0) is 14.4. The predicted molar refractivity (Wildman–Crippen MR) is 89.9 cm³/mol. The first-order valence-corrected chi connectivity index (χ1v) is 7.92. The Morgan fingerprint density at radius 2 is 1.60 bits per heavy atom. The van der Waals surface area contributed by atoms with Gasteiger partial charge in [-0.3, -0.25) is 0 Å². The van der Waals surface area contributed by atoms with Crippen LogP contribution in [0.3, 0.4) is 0 Å². The van der Waals surface area contributed by atoms with Gasteiger partial charge in [-0.1, -0.05) is 58.4 Å². The Hall–Kier alpha value is -1.12. The van der Waals surface area contributed by atoms with E-state index in [4.69, 9.17) is 0 Å². The third-order valence-corrected chi connectivity index (χ3v) is 4.15. The summed E-state index contributed by atoms with van der Waals surface area (Å²) in [4.78, 5) is 0. The number of hydrogen-bond donors (Lipinski definition) is 1. The average molecular weight is 332 g/mol. The van der Waals surface area contributed by atoms with Crippen molar-refractivity contribution in [1.29, 1.82) is 0 Å². The molecule has 1 N–H and O–H groups in total. The van der Waals surface area contributed by atoms with Crippen molar-refractivity contribution < 1.29 is 0 Å². The summed E-state index contributed by atoms with van der Waals surface area (Å²) >= 11 is 3.48. The van der Waals surface area contributed by atoms with Crippen LogP contribution in [-0.4, -0.2) is 6.54 Å². The van der Waals surface area contributed by atoms with Crippen LogP contribution < -0.4 is 5.32 Å². The van der Waals surface area contributed by atoms with Gasteiger partial charge in [0.25, 0.3) is 0 Å². The summed E-state index contributed by atoms with van der Waals surface area (Å²) in [6, 6.07) is 19.2. The van der Waals surface area contributed by atoms with E-state index in [0.717, 1.165) is 23.9 Å². The van der Waals surface area contributed by atoms with Crippen molar-refractivity contribution in [3.8, 4) is 0 Å². The van der Waals surface area contributed by atoms with E-state index < -0.39 is 0 Å². The Morgan fingerprint density at radius 3 is 2.25 bits per heavy atom. The van der Waals surface area contributed by atoms with Gasteiger partial charge >= 0.3 is 0 Å². The molecule has 0 aliphatic carbocycles. The Bertz CT molecular complexity index is 517. The maximum Gasteiger partial charge on any atom is 0.0377 e. The van der Waals surface area contributed by atoms with Gasteiger partial charge in [0.05, 0.1) is 0 Å². The van der Waals surface area contributed by atoms with Crippen LogP contribution in [0.5, 0.6) is 0 Å². The molecule has 0 aromatic heterocycles. The maximum absolute atomic E-state index is 3.65. The fraction of sp³-hybridized carbons (Fsp3) is 0.333. The van der Waals surface area contributed by atoms with Gasteiger partial charge in [0, 0.05) is 10.0 Å². The van der Waals surface area contributed by atoms with Crippen molar-refractivity contribution >= 4 is 15.9 Å². The van der Waals surface area contributed by atoms with Gasteiger partial charge < -0.3 is 5.32 Å². The number of nitrogens with one attached hydrogen (secondary N) is 1. The summed E-state index contributed by atoms with van der Waals surface area (Å²) in [6.07, 6.45) is 2.29. The van der Waals surface area contributed by atoms with Crippen LogP contribution in [0.2, 0.25) is 0 Å². The van der Waals surface area contributed by atoms with E-state index in [2.05, 4.69) is 89.7 Å². The maximum atomic E-state index is 3.65. The van der Waals surface area contributed by atoms with Gasteiger partial charge in [-0.05, 0) is 56.5 Å². The standard InChI is InChI=1S/C18H22BrN/c1-18(2,16-10-12-17(19)13-11-16)20-14-6-9-15-7-4-3-5-8-15/h3-5,7-8,10-13,20H,6,9,14H2,1-2H3. The number of halogens is 1. The van der Waals surface area contributed by atoms with Crippen molar-refractivity contribution in [3.05, 3.63) is 70.2 Å². The number of aryl methyl sites for hydroxylation is 1. The quantitative estimate of drug-likeness (QED) is 0.742. The predicted octanol–water partition coefficient (Wildman–Crippen LogP) is 4.91. The Balaban J connectivity index is 1.82. The van der Waals surface area contributed by atoms with E-state index >= 15 is 0 Å². The third kappa shape index (κ3) is 4.46. The molecule has 0 saturated heterocycles. The second-order valence-corrected chi connectivity index (χ2v) is 6.56. The summed E-state index contributed by atoms with van der Waals surface area (Å²) < 4.78 is 1.13. The number of rotatable bonds is 6. The lowest BCUT2D eigenvalue weighted by molar-refractivity contribution is 0.400. The molecule has 0 radical (unpaired) electrons. The molecule has 0 saturated carbocycles. The third-order valence-electron chi connectivity index (χ3n) is 3.62. The minimum Gasteiger partial charge on any atom is -0.308 e. The molecule has 1 nitrogen and oxygen atoms in total. The molecule has 0 amide bonds. The molecule has 0 bridgehead atoms. The second kappa shape index (κ2) is 7.05. The summed E-state index contributed by atoms with van der Waals surface area (Å²) in [7, 11) is 0. The molecular weight excluding hydrogens is 310 g/mol. The fourth-order valence-electron chi connectivity index (χ4n) is 2.31.